The summed E-state index contributed by atoms with van der Waals surface area (Å²) in [5.41, 5.74) is 0.678. The van der Waals surface area contributed by atoms with Crippen molar-refractivity contribution in [1.82, 2.24) is 0 Å². The minimum atomic E-state index is -0.941. The molecule has 0 aliphatic carbocycles. The number of rotatable bonds is 2. The smallest absolute Gasteiger partial charge is 0.315 e. The van der Waals surface area contributed by atoms with Gasteiger partial charge in [0.25, 0.3) is 0 Å². The Morgan fingerprint density at radius 2 is 2.33 bits per heavy atom. The van der Waals surface area contributed by atoms with Gasteiger partial charge in [-0.15, -0.1) is 0 Å². The van der Waals surface area contributed by atoms with Gasteiger partial charge in [-0.05, 0) is 18.2 Å². The van der Waals surface area contributed by atoms with Crippen LogP contribution in [0.15, 0.2) is 18.2 Å². The fraction of sp³-hybridized carbons (Fsp3) is 0.182. The maximum atomic E-state index is 10.2. The van der Waals surface area contributed by atoms with Crippen LogP contribution in [-0.4, -0.2) is 18.2 Å². The molecule has 1 rings (SSSR count). The lowest BCUT2D eigenvalue weighted by atomic mass is 10.2. The third-order valence-electron chi connectivity index (χ3n) is 1.62. The van der Waals surface area contributed by atoms with E-state index in [1.54, 1.807) is 18.2 Å². The Morgan fingerprint density at radius 3 is 2.93 bits per heavy atom. The van der Waals surface area contributed by atoms with E-state index in [0.717, 1.165) is 0 Å². The molecule has 1 aromatic carbocycles. The van der Waals surface area contributed by atoms with Gasteiger partial charge in [-0.1, -0.05) is 23.4 Å². The Labute approximate surface area is 92.6 Å². The van der Waals surface area contributed by atoms with Gasteiger partial charge in [0.15, 0.2) is 0 Å². The van der Waals surface area contributed by atoms with E-state index in [2.05, 4.69) is 11.8 Å². The zero-order valence-corrected chi connectivity index (χ0v) is 8.84. The molecular weight excluding hydrogens is 216 g/mol. The topological polar surface area (TPSA) is 46.5 Å². The molecule has 0 aromatic heterocycles. The first-order valence-electron chi connectivity index (χ1n) is 4.17. The summed E-state index contributed by atoms with van der Waals surface area (Å²) < 4.78 is 5.00. The van der Waals surface area contributed by atoms with Crippen LogP contribution >= 0.6 is 11.6 Å². The molecule has 0 atom stereocenters. The van der Waals surface area contributed by atoms with Gasteiger partial charge in [-0.2, -0.15) is 0 Å². The highest BCUT2D eigenvalue weighted by molar-refractivity contribution is 6.32. The molecule has 0 saturated carbocycles. The van der Waals surface area contributed by atoms with Gasteiger partial charge < -0.3 is 9.84 Å². The average molecular weight is 225 g/mol. The van der Waals surface area contributed by atoms with E-state index in [0.29, 0.717) is 16.3 Å². The van der Waals surface area contributed by atoms with Crippen molar-refractivity contribution in [2.75, 3.05) is 7.11 Å². The van der Waals surface area contributed by atoms with E-state index >= 15 is 0 Å². The van der Waals surface area contributed by atoms with Crippen molar-refractivity contribution in [2.45, 2.75) is 6.42 Å². The first-order valence-corrected chi connectivity index (χ1v) is 4.55. The number of carbonyl (C=O) groups is 1. The van der Waals surface area contributed by atoms with Gasteiger partial charge in [-0.25, -0.2) is 0 Å². The highest BCUT2D eigenvalue weighted by atomic mass is 35.5. The van der Waals surface area contributed by atoms with Crippen molar-refractivity contribution < 1.29 is 14.6 Å². The van der Waals surface area contributed by atoms with Crippen LogP contribution in [0.2, 0.25) is 5.02 Å². The summed E-state index contributed by atoms with van der Waals surface area (Å²) in [4.78, 5) is 10.2. The Bertz CT molecular complexity index is 429. The molecule has 78 valence electrons. The number of hydrogen-bond acceptors (Lipinski definition) is 2. The number of ether oxygens (including phenoxy) is 1. The molecule has 1 N–H and O–H groups in total. The molecule has 3 nitrogen and oxygen atoms in total. The third kappa shape index (κ3) is 3.53. The first-order chi connectivity index (χ1) is 7.13. The molecule has 0 unspecified atom stereocenters. The summed E-state index contributed by atoms with van der Waals surface area (Å²) in [6.45, 7) is 0. The molecule has 0 spiro atoms. The van der Waals surface area contributed by atoms with Crippen molar-refractivity contribution in [2.24, 2.45) is 0 Å². The number of hydrogen-bond donors (Lipinski definition) is 1. The lowest BCUT2D eigenvalue weighted by Gasteiger charge is -2.01. The summed E-state index contributed by atoms with van der Waals surface area (Å²) >= 11 is 5.81. The van der Waals surface area contributed by atoms with Crippen LogP contribution in [0.25, 0.3) is 0 Å². The second-order valence-electron chi connectivity index (χ2n) is 2.72. The fourth-order valence-electron chi connectivity index (χ4n) is 0.959. The number of aliphatic carboxylic acids is 1. The lowest BCUT2D eigenvalue weighted by molar-refractivity contribution is -0.135. The van der Waals surface area contributed by atoms with Crippen molar-refractivity contribution in [3.05, 3.63) is 28.8 Å². The number of benzene rings is 1. The maximum Gasteiger partial charge on any atom is 0.315 e. The number of halogens is 1. The summed E-state index contributed by atoms with van der Waals surface area (Å²) in [6.07, 6.45) is -0.176. The largest absolute Gasteiger partial charge is 0.495 e. The molecule has 15 heavy (non-hydrogen) atoms. The molecule has 0 saturated heterocycles. The third-order valence-corrected chi connectivity index (χ3v) is 1.94. The molecule has 0 heterocycles. The van der Waals surface area contributed by atoms with Crippen molar-refractivity contribution >= 4 is 17.6 Å². The standard InChI is InChI=1S/C11H9ClO3/c1-15-10-7-8(5-6-9(10)12)3-2-4-11(13)14/h5-7H,4H2,1H3,(H,13,14). The molecule has 0 aliphatic rings. The summed E-state index contributed by atoms with van der Waals surface area (Å²) in [6, 6.07) is 5.03. The predicted molar refractivity (Wildman–Crippen MR) is 57.1 cm³/mol. The van der Waals surface area contributed by atoms with E-state index in [4.69, 9.17) is 21.4 Å². The van der Waals surface area contributed by atoms with Crippen molar-refractivity contribution in [3.8, 4) is 17.6 Å². The molecule has 4 heteroatoms. The summed E-state index contributed by atoms with van der Waals surface area (Å²) in [5, 5.41) is 8.89. The van der Waals surface area contributed by atoms with E-state index in [1.165, 1.54) is 7.11 Å². The van der Waals surface area contributed by atoms with Crippen molar-refractivity contribution in [3.63, 3.8) is 0 Å². The minimum absolute atomic E-state index is 0.176. The Kier molecular flexibility index (Phi) is 4.02. The molecule has 0 radical (unpaired) electrons. The second kappa shape index (κ2) is 5.28. The molecule has 0 bridgehead atoms. The van der Waals surface area contributed by atoms with Crippen molar-refractivity contribution in [1.29, 1.82) is 0 Å². The van der Waals surface area contributed by atoms with E-state index < -0.39 is 5.97 Å². The van der Waals surface area contributed by atoms with Crippen LogP contribution in [0.4, 0.5) is 0 Å². The van der Waals surface area contributed by atoms with Crippen LogP contribution in [0.3, 0.4) is 0 Å². The number of carboxylic acids is 1. The quantitative estimate of drug-likeness (QED) is 0.784. The molecule has 1 aromatic rings. The minimum Gasteiger partial charge on any atom is -0.495 e. The molecule has 0 aliphatic heterocycles. The van der Waals surface area contributed by atoms with Crippen LogP contribution in [0.1, 0.15) is 12.0 Å². The Hall–Kier alpha value is -1.66. The van der Waals surface area contributed by atoms with Crippen LogP contribution < -0.4 is 4.74 Å². The highest BCUT2D eigenvalue weighted by Crippen LogP contribution is 2.24. The average Bonchev–Trinajstić information content (AvgIpc) is 2.20. The normalized spacial score (nSPS) is 8.93. The zero-order chi connectivity index (χ0) is 11.3. The second-order valence-corrected chi connectivity index (χ2v) is 3.13. The SMILES string of the molecule is COc1cc(C#CCC(=O)O)ccc1Cl. The zero-order valence-electron chi connectivity index (χ0n) is 8.08. The summed E-state index contributed by atoms with van der Waals surface area (Å²) in [5.74, 6) is 4.82. The molecule has 0 amide bonds. The monoisotopic (exact) mass is 224 g/mol. The molecule has 0 fully saturated rings. The predicted octanol–water partition coefficient (Wildman–Crippen LogP) is 2.17. The Balaban J connectivity index is 2.85. The number of methoxy groups -OCH3 is 1. The van der Waals surface area contributed by atoms with E-state index in [1.807, 2.05) is 0 Å². The molecular formula is C11H9ClO3. The van der Waals surface area contributed by atoms with Gasteiger partial charge in [0, 0.05) is 5.56 Å². The summed E-state index contributed by atoms with van der Waals surface area (Å²) in [7, 11) is 1.51. The van der Waals surface area contributed by atoms with Crippen LogP contribution in [0, 0.1) is 11.8 Å². The van der Waals surface area contributed by atoms with Gasteiger partial charge in [0.1, 0.15) is 12.2 Å². The fourth-order valence-corrected chi connectivity index (χ4v) is 1.15. The van der Waals surface area contributed by atoms with Gasteiger partial charge in [0.2, 0.25) is 0 Å². The van der Waals surface area contributed by atoms with Crippen LogP contribution in [0.5, 0.6) is 5.75 Å². The highest BCUT2D eigenvalue weighted by Gasteiger charge is 1.99. The van der Waals surface area contributed by atoms with Gasteiger partial charge in [0.05, 0.1) is 12.1 Å². The van der Waals surface area contributed by atoms with E-state index in [9.17, 15) is 4.79 Å². The lowest BCUT2D eigenvalue weighted by Crippen LogP contribution is -1.90. The Morgan fingerprint density at radius 1 is 1.60 bits per heavy atom. The maximum absolute atomic E-state index is 10.2. The van der Waals surface area contributed by atoms with Gasteiger partial charge in [-0.3, -0.25) is 4.79 Å². The van der Waals surface area contributed by atoms with E-state index in [-0.39, 0.29) is 6.42 Å². The van der Waals surface area contributed by atoms with Crippen LogP contribution in [-0.2, 0) is 4.79 Å². The first kappa shape index (κ1) is 11.4. The van der Waals surface area contributed by atoms with Gasteiger partial charge >= 0.3 is 5.97 Å². The number of carboxylic acid groups (broad SMARTS) is 1.